The summed E-state index contributed by atoms with van der Waals surface area (Å²) in [5.74, 6) is 0.485. The zero-order valence-electron chi connectivity index (χ0n) is 9.98. The van der Waals surface area contributed by atoms with Gasteiger partial charge in [0, 0.05) is 19.5 Å². The molecule has 1 aliphatic heterocycles. The topological polar surface area (TPSA) is 79.9 Å². The molecule has 0 aromatic rings. The maximum atomic E-state index is 12.0. The maximum absolute atomic E-state index is 12.0. The molecule has 0 aromatic carbocycles. The van der Waals surface area contributed by atoms with Crippen molar-refractivity contribution in [2.45, 2.75) is 25.7 Å². The molecule has 92 valence electrons. The number of nitrogens with one attached hydrogen (secondary N) is 1. The largest absolute Gasteiger partial charge is 0.341 e. The molecule has 0 aromatic heterocycles. The lowest BCUT2D eigenvalue weighted by Gasteiger charge is -2.21. The number of amides is 1. The van der Waals surface area contributed by atoms with Gasteiger partial charge in [0.2, 0.25) is 5.91 Å². The highest BCUT2D eigenvalue weighted by atomic mass is 16.2. The highest BCUT2D eigenvalue weighted by Crippen LogP contribution is 2.14. The molecular formula is C12H18N4O. The average molecular weight is 234 g/mol. The van der Waals surface area contributed by atoms with Crippen LogP contribution < -0.4 is 5.32 Å². The van der Waals surface area contributed by atoms with Gasteiger partial charge in [-0.2, -0.15) is 10.5 Å². The van der Waals surface area contributed by atoms with Crippen LogP contribution in [0.15, 0.2) is 0 Å². The lowest BCUT2D eigenvalue weighted by molar-refractivity contribution is -0.132. The molecule has 1 saturated heterocycles. The van der Waals surface area contributed by atoms with Gasteiger partial charge >= 0.3 is 0 Å². The van der Waals surface area contributed by atoms with Crippen molar-refractivity contribution in [3.8, 4) is 12.1 Å². The Hall–Kier alpha value is -1.59. The van der Waals surface area contributed by atoms with Crippen molar-refractivity contribution in [1.82, 2.24) is 10.2 Å². The van der Waals surface area contributed by atoms with Gasteiger partial charge in [-0.3, -0.25) is 4.79 Å². The van der Waals surface area contributed by atoms with Gasteiger partial charge in [0.15, 0.2) is 0 Å². The number of nitriles is 2. The molecule has 0 aliphatic carbocycles. The van der Waals surface area contributed by atoms with Crippen LogP contribution in [0, 0.1) is 28.6 Å². The Morgan fingerprint density at radius 3 is 2.41 bits per heavy atom. The SMILES string of the molecule is N#CCCN(CCC#N)C(=O)CC1CCNC1. The normalized spacial score (nSPS) is 18.4. The molecule has 5 heteroatoms. The average Bonchev–Trinajstić information content (AvgIpc) is 2.82. The summed E-state index contributed by atoms with van der Waals surface area (Å²) >= 11 is 0. The van der Waals surface area contributed by atoms with E-state index < -0.39 is 0 Å². The van der Waals surface area contributed by atoms with Crippen LogP contribution in [0.4, 0.5) is 0 Å². The fourth-order valence-electron chi connectivity index (χ4n) is 2.00. The zero-order chi connectivity index (χ0) is 12.5. The van der Waals surface area contributed by atoms with Crippen molar-refractivity contribution < 1.29 is 4.79 Å². The van der Waals surface area contributed by atoms with E-state index in [0.29, 0.717) is 38.3 Å². The van der Waals surface area contributed by atoms with E-state index >= 15 is 0 Å². The zero-order valence-corrected chi connectivity index (χ0v) is 9.98. The molecule has 1 heterocycles. The van der Waals surface area contributed by atoms with E-state index in [0.717, 1.165) is 19.5 Å². The van der Waals surface area contributed by atoms with Gasteiger partial charge in [-0.05, 0) is 25.4 Å². The summed E-state index contributed by atoms with van der Waals surface area (Å²) in [7, 11) is 0. The van der Waals surface area contributed by atoms with E-state index in [1.807, 2.05) is 12.1 Å². The van der Waals surface area contributed by atoms with Crippen LogP contribution in [0.1, 0.15) is 25.7 Å². The Balaban J connectivity index is 2.40. The Morgan fingerprint density at radius 1 is 1.29 bits per heavy atom. The van der Waals surface area contributed by atoms with Gasteiger partial charge in [-0.25, -0.2) is 0 Å². The summed E-state index contributed by atoms with van der Waals surface area (Å²) in [5, 5.41) is 20.3. The second-order valence-corrected chi connectivity index (χ2v) is 4.26. The molecule has 1 atom stereocenters. The van der Waals surface area contributed by atoms with Crippen LogP contribution in [0.3, 0.4) is 0 Å². The highest BCUT2D eigenvalue weighted by Gasteiger charge is 2.21. The molecule has 1 N–H and O–H groups in total. The number of hydrogen-bond donors (Lipinski definition) is 1. The van der Waals surface area contributed by atoms with E-state index in [-0.39, 0.29) is 5.91 Å². The number of rotatable bonds is 6. The minimum atomic E-state index is 0.0733. The first-order valence-electron chi connectivity index (χ1n) is 6.00. The number of nitrogens with zero attached hydrogens (tertiary/aromatic N) is 3. The molecule has 0 bridgehead atoms. The van der Waals surface area contributed by atoms with Crippen LogP contribution in [-0.4, -0.2) is 37.0 Å². The van der Waals surface area contributed by atoms with E-state index in [9.17, 15) is 4.79 Å². The van der Waals surface area contributed by atoms with Crippen LogP contribution in [0.25, 0.3) is 0 Å². The molecule has 17 heavy (non-hydrogen) atoms. The van der Waals surface area contributed by atoms with Gasteiger partial charge in [0.1, 0.15) is 0 Å². The van der Waals surface area contributed by atoms with E-state index in [4.69, 9.17) is 10.5 Å². The van der Waals surface area contributed by atoms with Crippen molar-refractivity contribution in [2.75, 3.05) is 26.2 Å². The number of carbonyl (C=O) groups is 1. The van der Waals surface area contributed by atoms with E-state index in [2.05, 4.69) is 5.32 Å². The Morgan fingerprint density at radius 2 is 1.94 bits per heavy atom. The lowest BCUT2D eigenvalue weighted by atomic mass is 10.0. The lowest BCUT2D eigenvalue weighted by Crippen LogP contribution is -2.34. The van der Waals surface area contributed by atoms with Crippen molar-refractivity contribution in [3.63, 3.8) is 0 Å². The van der Waals surface area contributed by atoms with Crippen LogP contribution >= 0.6 is 0 Å². The Kier molecular flexibility index (Phi) is 6.06. The molecular weight excluding hydrogens is 216 g/mol. The molecule has 0 radical (unpaired) electrons. The minimum absolute atomic E-state index is 0.0733. The monoisotopic (exact) mass is 234 g/mol. The first kappa shape index (κ1) is 13.5. The molecule has 1 amide bonds. The van der Waals surface area contributed by atoms with Gasteiger partial charge in [0.05, 0.1) is 25.0 Å². The van der Waals surface area contributed by atoms with Crippen LogP contribution in [0.2, 0.25) is 0 Å². The highest BCUT2D eigenvalue weighted by molar-refractivity contribution is 5.76. The third-order valence-electron chi connectivity index (χ3n) is 2.97. The first-order chi connectivity index (χ1) is 8.27. The fraction of sp³-hybridized carbons (Fsp3) is 0.750. The molecule has 1 aliphatic rings. The quantitative estimate of drug-likeness (QED) is 0.731. The number of hydrogen-bond acceptors (Lipinski definition) is 4. The summed E-state index contributed by atoms with van der Waals surface area (Å²) < 4.78 is 0. The maximum Gasteiger partial charge on any atom is 0.222 e. The molecule has 1 rings (SSSR count). The van der Waals surface area contributed by atoms with Crippen molar-refractivity contribution in [1.29, 1.82) is 10.5 Å². The van der Waals surface area contributed by atoms with Gasteiger partial charge < -0.3 is 10.2 Å². The van der Waals surface area contributed by atoms with Crippen molar-refractivity contribution in [3.05, 3.63) is 0 Å². The summed E-state index contributed by atoms with van der Waals surface area (Å²) in [4.78, 5) is 13.6. The molecule has 1 unspecified atom stereocenters. The van der Waals surface area contributed by atoms with Crippen molar-refractivity contribution >= 4 is 5.91 Å². The Labute approximate surface area is 102 Å². The summed E-state index contributed by atoms with van der Waals surface area (Å²) in [5.41, 5.74) is 0. The smallest absolute Gasteiger partial charge is 0.222 e. The van der Waals surface area contributed by atoms with Gasteiger partial charge in [0.25, 0.3) is 0 Å². The van der Waals surface area contributed by atoms with E-state index in [1.54, 1.807) is 4.90 Å². The molecule has 1 fully saturated rings. The number of carbonyl (C=O) groups excluding carboxylic acids is 1. The van der Waals surface area contributed by atoms with Gasteiger partial charge in [-0.1, -0.05) is 0 Å². The first-order valence-corrected chi connectivity index (χ1v) is 6.00. The third kappa shape index (κ3) is 4.84. The third-order valence-corrected chi connectivity index (χ3v) is 2.97. The van der Waals surface area contributed by atoms with Crippen molar-refractivity contribution in [2.24, 2.45) is 5.92 Å². The molecule has 5 nitrogen and oxygen atoms in total. The summed E-state index contributed by atoms with van der Waals surface area (Å²) in [6.45, 7) is 2.76. The predicted octanol–water partition coefficient (Wildman–Crippen LogP) is 0.642. The Bertz CT molecular complexity index is 304. The van der Waals surface area contributed by atoms with E-state index in [1.165, 1.54) is 0 Å². The molecule has 0 saturated carbocycles. The van der Waals surface area contributed by atoms with Crippen LogP contribution in [-0.2, 0) is 4.79 Å². The molecule has 0 spiro atoms. The summed E-state index contributed by atoms with van der Waals surface area (Å²) in [6, 6.07) is 4.07. The fourth-order valence-corrected chi connectivity index (χ4v) is 2.00. The second kappa shape index (κ2) is 7.65. The van der Waals surface area contributed by atoms with Crippen LogP contribution in [0.5, 0.6) is 0 Å². The standard InChI is InChI=1S/C12H18N4O/c13-4-1-7-16(8-2-5-14)12(17)9-11-3-6-15-10-11/h11,15H,1-3,6-10H2. The summed E-state index contributed by atoms with van der Waals surface area (Å²) in [6.07, 6.45) is 2.24. The predicted molar refractivity (Wildman–Crippen MR) is 62.6 cm³/mol. The van der Waals surface area contributed by atoms with Gasteiger partial charge in [-0.15, -0.1) is 0 Å². The minimum Gasteiger partial charge on any atom is -0.341 e. The second-order valence-electron chi connectivity index (χ2n) is 4.26.